The molecule has 0 heterocycles. The number of aliphatic hydroxyl groups excluding tert-OH is 1. The Balaban J connectivity index is 2.54. The van der Waals surface area contributed by atoms with E-state index >= 15 is 0 Å². The molecule has 0 bridgehead atoms. The van der Waals surface area contributed by atoms with Crippen LogP contribution in [0, 0.1) is 5.82 Å². The van der Waals surface area contributed by atoms with Crippen LogP contribution in [0.2, 0.25) is 0 Å². The van der Waals surface area contributed by atoms with E-state index < -0.39 is 0 Å². The van der Waals surface area contributed by atoms with E-state index in [-0.39, 0.29) is 12.4 Å². The zero-order valence-corrected chi connectivity index (χ0v) is 10.9. The van der Waals surface area contributed by atoms with Crippen molar-refractivity contribution in [3.05, 3.63) is 34.1 Å². The molecular formula is C11H14BrFOS. The van der Waals surface area contributed by atoms with Crippen LogP contribution in [0.25, 0.3) is 0 Å². The van der Waals surface area contributed by atoms with Crippen LogP contribution in [-0.2, 0) is 5.75 Å². The first-order valence-electron chi connectivity index (χ1n) is 4.80. The van der Waals surface area contributed by atoms with E-state index in [1.54, 1.807) is 17.8 Å². The van der Waals surface area contributed by atoms with E-state index in [4.69, 9.17) is 5.11 Å². The van der Waals surface area contributed by atoms with Crippen molar-refractivity contribution in [1.82, 2.24) is 0 Å². The lowest BCUT2D eigenvalue weighted by Crippen LogP contribution is -2.00. The van der Waals surface area contributed by atoms with Crippen LogP contribution in [0.4, 0.5) is 4.39 Å². The monoisotopic (exact) mass is 292 g/mol. The molecule has 1 nitrogen and oxygen atoms in total. The SMILES string of the molecule is CC(CCO)SCc1cccc(F)c1Br. The maximum atomic E-state index is 13.2. The van der Waals surface area contributed by atoms with Crippen molar-refractivity contribution < 1.29 is 9.50 Å². The highest BCUT2D eigenvalue weighted by atomic mass is 79.9. The lowest BCUT2D eigenvalue weighted by molar-refractivity contribution is 0.289. The molecule has 1 aromatic carbocycles. The summed E-state index contributed by atoms with van der Waals surface area (Å²) in [5.74, 6) is 0.544. The smallest absolute Gasteiger partial charge is 0.137 e. The minimum atomic E-state index is -0.220. The second-order valence-electron chi connectivity index (χ2n) is 3.35. The van der Waals surface area contributed by atoms with Gasteiger partial charge >= 0.3 is 0 Å². The van der Waals surface area contributed by atoms with Crippen molar-refractivity contribution >= 4 is 27.7 Å². The number of rotatable bonds is 5. The standard InChI is InChI=1S/C11H14BrFOS/c1-8(5-6-14)15-7-9-3-2-4-10(13)11(9)12/h2-4,8,14H,5-7H2,1H3. The number of thioether (sulfide) groups is 1. The van der Waals surface area contributed by atoms with Crippen LogP contribution in [0.1, 0.15) is 18.9 Å². The van der Waals surface area contributed by atoms with Gasteiger partial charge in [-0.2, -0.15) is 11.8 Å². The summed E-state index contributed by atoms with van der Waals surface area (Å²) >= 11 is 4.95. The molecule has 0 aliphatic carbocycles. The Morgan fingerprint density at radius 1 is 1.53 bits per heavy atom. The fraction of sp³-hybridized carbons (Fsp3) is 0.455. The summed E-state index contributed by atoms with van der Waals surface area (Å²) in [5.41, 5.74) is 0.963. The van der Waals surface area contributed by atoms with Crippen LogP contribution in [0.15, 0.2) is 22.7 Å². The van der Waals surface area contributed by atoms with Crippen LogP contribution < -0.4 is 0 Å². The first kappa shape index (κ1) is 13.0. The third-order valence-corrected chi connectivity index (χ3v) is 4.26. The van der Waals surface area contributed by atoms with Crippen molar-refractivity contribution in [3.8, 4) is 0 Å². The van der Waals surface area contributed by atoms with E-state index in [9.17, 15) is 4.39 Å². The van der Waals surface area contributed by atoms with Gasteiger partial charge in [0, 0.05) is 17.6 Å². The van der Waals surface area contributed by atoms with Gasteiger partial charge in [0.05, 0.1) is 4.47 Å². The maximum Gasteiger partial charge on any atom is 0.137 e. The molecule has 4 heteroatoms. The third kappa shape index (κ3) is 4.13. The molecule has 0 aromatic heterocycles. The predicted octanol–water partition coefficient (Wildman–Crippen LogP) is 3.59. The quantitative estimate of drug-likeness (QED) is 0.895. The van der Waals surface area contributed by atoms with Gasteiger partial charge in [0.1, 0.15) is 5.82 Å². The average molecular weight is 293 g/mol. The van der Waals surface area contributed by atoms with Crippen molar-refractivity contribution in [1.29, 1.82) is 0 Å². The average Bonchev–Trinajstić information content (AvgIpc) is 2.21. The first-order valence-corrected chi connectivity index (χ1v) is 6.64. The third-order valence-electron chi connectivity index (χ3n) is 2.09. The second kappa shape index (κ2) is 6.51. The summed E-state index contributed by atoms with van der Waals surface area (Å²) in [6.45, 7) is 2.27. The van der Waals surface area contributed by atoms with Crippen LogP contribution in [0.5, 0.6) is 0 Å². The molecule has 15 heavy (non-hydrogen) atoms. The van der Waals surface area contributed by atoms with Gasteiger partial charge in [-0.15, -0.1) is 0 Å². The zero-order chi connectivity index (χ0) is 11.3. The molecule has 0 spiro atoms. The van der Waals surface area contributed by atoms with E-state index in [0.717, 1.165) is 17.7 Å². The summed E-state index contributed by atoms with van der Waals surface area (Å²) in [6.07, 6.45) is 0.775. The maximum absolute atomic E-state index is 13.2. The number of hydrogen-bond donors (Lipinski definition) is 1. The second-order valence-corrected chi connectivity index (χ2v) is 5.57. The molecule has 0 aliphatic rings. The van der Waals surface area contributed by atoms with Crippen LogP contribution in [0.3, 0.4) is 0 Å². The van der Waals surface area contributed by atoms with Gasteiger partial charge in [0.25, 0.3) is 0 Å². The summed E-state index contributed by atoms with van der Waals surface area (Å²) in [6, 6.07) is 5.06. The highest BCUT2D eigenvalue weighted by Gasteiger charge is 2.07. The van der Waals surface area contributed by atoms with E-state index in [1.807, 2.05) is 6.07 Å². The van der Waals surface area contributed by atoms with Crippen molar-refractivity contribution in [2.75, 3.05) is 6.61 Å². The van der Waals surface area contributed by atoms with Gasteiger partial charge < -0.3 is 5.11 Å². The molecule has 0 saturated heterocycles. The molecule has 0 amide bonds. The van der Waals surface area contributed by atoms with Crippen LogP contribution >= 0.6 is 27.7 Å². The Morgan fingerprint density at radius 2 is 2.27 bits per heavy atom. The Kier molecular flexibility index (Phi) is 5.64. The zero-order valence-electron chi connectivity index (χ0n) is 8.54. The first-order chi connectivity index (χ1) is 7.15. The molecule has 1 aromatic rings. The van der Waals surface area contributed by atoms with Gasteiger partial charge in [0.15, 0.2) is 0 Å². The number of hydrogen-bond acceptors (Lipinski definition) is 2. The van der Waals surface area contributed by atoms with E-state index in [0.29, 0.717) is 9.72 Å². The van der Waals surface area contributed by atoms with Gasteiger partial charge in [-0.05, 0) is 34.0 Å². The summed E-state index contributed by atoms with van der Waals surface area (Å²) in [4.78, 5) is 0. The van der Waals surface area contributed by atoms with E-state index in [2.05, 4.69) is 22.9 Å². The number of halogens is 2. The number of aliphatic hydroxyl groups is 1. The lowest BCUT2D eigenvalue weighted by Gasteiger charge is -2.10. The van der Waals surface area contributed by atoms with Crippen LogP contribution in [-0.4, -0.2) is 17.0 Å². The molecule has 0 fully saturated rings. The largest absolute Gasteiger partial charge is 0.396 e. The molecule has 0 aliphatic heterocycles. The molecule has 0 saturated carbocycles. The number of benzene rings is 1. The summed E-state index contributed by atoms with van der Waals surface area (Å²) < 4.78 is 13.7. The molecule has 1 atom stereocenters. The van der Waals surface area contributed by atoms with Crippen molar-refractivity contribution in [2.45, 2.75) is 24.3 Å². The Bertz CT molecular complexity index is 319. The fourth-order valence-corrected chi connectivity index (χ4v) is 2.72. The minimum absolute atomic E-state index is 0.207. The lowest BCUT2D eigenvalue weighted by atomic mass is 10.2. The molecule has 84 valence electrons. The topological polar surface area (TPSA) is 20.2 Å². The highest BCUT2D eigenvalue weighted by Crippen LogP contribution is 2.26. The minimum Gasteiger partial charge on any atom is -0.396 e. The molecule has 1 rings (SSSR count). The van der Waals surface area contributed by atoms with Gasteiger partial charge in [-0.1, -0.05) is 19.1 Å². The summed E-state index contributed by atoms with van der Waals surface area (Å²) in [7, 11) is 0. The highest BCUT2D eigenvalue weighted by molar-refractivity contribution is 9.10. The van der Waals surface area contributed by atoms with Crippen molar-refractivity contribution in [2.24, 2.45) is 0 Å². The molecular weight excluding hydrogens is 279 g/mol. The molecule has 0 radical (unpaired) electrons. The van der Waals surface area contributed by atoms with Crippen molar-refractivity contribution in [3.63, 3.8) is 0 Å². The summed E-state index contributed by atoms with van der Waals surface area (Å²) in [5, 5.41) is 9.14. The normalized spacial score (nSPS) is 12.8. The van der Waals surface area contributed by atoms with Gasteiger partial charge in [0.2, 0.25) is 0 Å². The Hall–Kier alpha value is -0.0600. The fourth-order valence-electron chi connectivity index (χ4n) is 1.16. The van der Waals surface area contributed by atoms with Gasteiger partial charge in [-0.3, -0.25) is 0 Å². The predicted molar refractivity (Wildman–Crippen MR) is 66.6 cm³/mol. The van der Waals surface area contributed by atoms with Gasteiger partial charge in [-0.25, -0.2) is 4.39 Å². The molecule has 1 N–H and O–H groups in total. The van der Waals surface area contributed by atoms with E-state index in [1.165, 1.54) is 6.07 Å². The Labute approximate surface area is 102 Å². The molecule has 1 unspecified atom stereocenters. The Morgan fingerprint density at radius 3 is 2.93 bits per heavy atom.